The van der Waals surface area contributed by atoms with Gasteiger partial charge in [-0.1, -0.05) is 13.0 Å². The number of hydrogen-bond donors (Lipinski definition) is 2. The molecular weight excluding hydrogens is 489 g/mol. The molecule has 3 amide bonds. The van der Waals surface area contributed by atoms with Crippen LogP contribution in [0.15, 0.2) is 42.5 Å². The zero-order valence-corrected chi connectivity index (χ0v) is 21.5. The van der Waals surface area contributed by atoms with Gasteiger partial charge in [0.25, 0.3) is 5.91 Å². The number of anilines is 2. The SMILES string of the molecule is C[C@@H]1CN([C@H](C)CO)C(=O)c2cccc(N(C)C)c2O[C@@H]1CN(C)C(=O)Nc1ccc(C(F)(F)F)cc1. The summed E-state index contributed by atoms with van der Waals surface area (Å²) in [7, 11) is 5.23. The van der Waals surface area contributed by atoms with Gasteiger partial charge in [0, 0.05) is 39.3 Å². The predicted octanol–water partition coefficient (Wildman–Crippen LogP) is 4.16. The number of nitrogens with zero attached hydrogens (tertiary/aromatic N) is 3. The van der Waals surface area contributed by atoms with Gasteiger partial charge in [0.1, 0.15) is 6.10 Å². The molecule has 3 atom stereocenters. The van der Waals surface area contributed by atoms with Crippen LogP contribution in [-0.4, -0.2) is 79.8 Å². The number of fused-ring (bicyclic) bond motifs is 1. The fraction of sp³-hybridized carbons (Fsp3) is 0.462. The van der Waals surface area contributed by atoms with Gasteiger partial charge in [0.15, 0.2) is 5.75 Å². The summed E-state index contributed by atoms with van der Waals surface area (Å²) < 4.78 is 44.9. The lowest BCUT2D eigenvalue weighted by molar-refractivity contribution is -0.137. The number of para-hydroxylation sites is 1. The summed E-state index contributed by atoms with van der Waals surface area (Å²) in [5.41, 5.74) is 0.478. The molecule has 0 fully saturated rings. The number of urea groups is 1. The number of ether oxygens (including phenoxy) is 1. The molecule has 202 valence electrons. The number of aliphatic hydroxyl groups excluding tert-OH is 1. The zero-order valence-electron chi connectivity index (χ0n) is 21.5. The van der Waals surface area contributed by atoms with E-state index in [1.54, 1.807) is 31.0 Å². The molecule has 1 aliphatic rings. The van der Waals surface area contributed by atoms with Gasteiger partial charge in [-0.05, 0) is 43.3 Å². The van der Waals surface area contributed by atoms with Crippen molar-refractivity contribution < 1.29 is 32.6 Å². The smallest absolute Gasteiger partial charge is 0.416 e. The number of nitrogens with one attached hydrogen (secondary N) is 1. The van der Waals surface area contributed by atoms with E-state index in [1.165, 1.54) is 17.0 Å². The van der Waals surface area contributed by atoms with Gasteiger partial charge in [0.05, 0.1) is 36.0 Å². The van der Waals surface area contributed by atoms with Crippen molar-refractivity contribution in [2.45, 2.75) is 32.2 Å². The monoisotopic (exact) mass is 522 g/mol. The summed E-state index contributed by atoms with van der Waals surface area (Å²) >= 11 is 0. The Morgan fingerprint density at radius 1 is 1.19 bits per heavy atom. The highest BCUT2D eigenvalue weighted by molar-refractivity contribution is 5.99. The van der Waals surface area contributed by atoms with Gasteiger partial charge in [-0.25, -0.2) is 4.79 Å². The van der Waals surface area contributed by atoms with Crippen molar-refractivity contribution in [3.8, 4) is 5.75 Å². The third kappa shape index (κ3) is 6.46. The van der Waals surface area contributed by atoms with Crippen molar-refractivity contribution in [2.24, 2.45) is 5.92 Å². The van der Waals surface area contributed by atoms with E-state index in [0.717, 1.165) is 12.1 Å². The summed E-state index contributed by atoms with van der Waals surface area (Å²) in [4.78, 5) is 31.1. The van der Waals surface area contributed by atoms with Crippen molar-refractivity contribution in [2.75, 3.05) is 51.1 Å². The minimum Gasteiger partial charge on any atom is -0.485 e. The maximum Gasteiger partial charge on any atom is 0.416 e. The molecule has 2 N–H and O–H groups in total. The van der Waals surface area contributed by atoms with E-state index in [9.17, 15) is 27.9 Å². The van der Waals surface area contributed by atoms with E-state index in [2.05, 4.69) is 5.32 Å². The highest BCUT2D eigenvalue weighted by Crippen LogP contribution is 2.36. The fourth-order valence-electron chi connectivity index (χ4n) is 4.11. The van der Waals surface area contributed by atoms with Crippen molar-refractivity contribution in [1.82, 2.24) is 9.80 Å². The van der Waals surface area contributed by atoms with Crippen LogP contribution in [0.1, 0.15) is 29.8 Å². The maximum absolute atomic E-state index is 13.4. The van der Waals surface area contributed by atoms with Gasteiger partial charge >= 0.3 is 12.2 Å². The van der Waals surface area contributed by atoms with Crippen LogP contribution in [-0.2, 0) is 6.18 Å². The van der Waals surface area contributed by atoms with E-state index in [0.29, 0.717) is 23.5 Å². The van der Waals surface area contributed by atoms with Crippen LogP contribution in [0.25, 0.3) is 0 Å². The topological polar surface area (TPSA) is 85.4 Å². The standard InChI is InChI=1S/C26H33F3N4O4/c1-16-13-33(17(2)15-34)24(35)20-7-6-8-21(31(3)4)23(20)37-22(16)14-32(5)25(36)30-19-11-9-18(10-12-19)26(27,28)29/h6-12,16-17,22,34H,13-15H2,1-5H3,(H,30,36)/t16-,17-,22-/m1/s1. The molecule has 2 aromatic carbocycles. The Labute approximate surface area is 214 Å². The average Bonchev–Trinajstić information content (AvgIpc) is 2.84. The summed E-state index contributed by atoms with van der Waals surface area (Å²) in [5, 5.41) is 12.4. The maximum atomic E-state index is 13.4. The van der Waals surface area contributed by atoms with Gasteiger partial charge in [-0.3, -0.25) is 4.79 Å². The van der Waals surface area contributed by atoms with E-state index >= 15 is 0 Å². The van der Waals surface area contributed by atoms with Crippen LogP contribution in [0.5, 0.6) is 5.75 Å². The number of carbonyl (C=O) groups is 2. The second-order valence-corrected chi connectivity index (χ2v) is 9.56. The van der Waals surface area contributed by atoms with Gasteiger partial charge in [-0.15, -0.1) is 0 Å². The molecule has 0 unspecified atom stereocenters. The number of hydrogen-bond acceptors (Lipinski definition) is 5. The third-order valence-electron chi connectivity index (χ3n) is 6.42. The largest absolute Gasteiger partial charge is 0.485 e. The van der Waals surface area contributed by atoms with Crippen LogP contribution in [0.4, 0.5) is 29.3 Å². The Kier molecular flexibility index (Phi) is 8.57. The summed E-state index contributed by atoms with van der Waals surface area (Å²) in [6.45, 7) is 3.90. The Morgan fingerprint density at radius 3 is 2.41 bits per heavy atom. The molecule has 2 aromatic rings. The lowest BCUT2D eigenvalue weighted by atomic mass is 9.99. The molecule has 11 heteroatoms. The van der Waals surface area contributed by atoms with E-state index in [-0.39, 0.29) is 30.7 Å². The number of halogens is 3. The van der Waals surface area contributed by atoms with Crippen molar-refractivity contribution >= 4 is 23.3 Å². The van der Waals surface area contributed by atoms with E-state index < -0.39 is 29.9 Å². The van der Waals surface area contributed by atoms with Crippen LogP contribution in [0.2, 0.25) is 0 Å². The zero-order chi connectivity index (χ0) is 27.5. The first kappa shape index (κ1) is 28.1. The highest BCUT2D eigenvalue weighted by atomic mass is 19.4. The molecular formula is C26H33F3N4O4. The van der Waals surface area contributed by atoms with Crippen LogP contribution in [0, 0.1) is 5.92 Å². The second-order valence-electron chi connectivity index (χ2n) is 9.56. The molecule has 0 spiro atoms. The van der Waals surface area contributed by atoms with Gasteiger partial charge < -0.3 is 29.9 Å². The predicted molar refractivity (Wildman–Crippen MR) is 135 cm³/mol. The number of alkyl halides is 3. The number of benzene rings is 2. The normalized spacial score (nSPS) is 18.7. The Bertz CT molecular complexity index is 1110. The Hall–Kier alpha value is -3.47. The molecule has 0 aromatic heterocycles. The first-order chi connectivity index (χ1) is 17.3. The number of aliphatic hydroxyl groups is 1. The molecule has 0 bridgehead atoms. The van der Waals surface area contributed by atoms with Crippen LogP contribution < -0.4 is 15.0 Å². The molecule has 1 aliphatic heterocycles. The molecule has 0 saturated heterocycles. The molecule has 8 nitrogen and oxygen atoms in total. The quantitative estimate of drug-likeness (QED) is 0.595. The van der Waals surface area contributed by atoms with E-state index in [1.807, 2.05) is 32.0 Å². The summed E-state index contributed by atoms with van der Waals surface area (Å²) in [6, 6.07) is 8.53. The minimum absolute atomic E-state index is 0.143. The van der Waals surface area contributed by atoms with Crippen LogP contribution >= 0.6 is 0 Å². The average molecular weight is 523 g/mol. The van der Waals surface area contributed by atoms with Crippen molar-refractivity contribution in [1.29, 1.82) is 0 Å². The number of likely N-dealkylation sites (N-methyl/N-ethyl adjacent to an activating group) is 1. The second kappa shape index (κ2) is 11.3. The molecule has 0 saturated carbocycles. The Morgan fingerprint density at radius 2 is 1.84 bits per heavy atom. The lowest BCUT2D eigenvalue weighted by Gasteiger charge is -2.39. The highest BCUT2D eigenvalue weighted by Gasteiger charge is 2.35. The molecule has 1 heterocycles. The minimum atomic E-state index is -4.46. The summed E-state index contributed by atoms with van der Waals surface area (Å²) in [6.07, 6.45) is -4.99. The van der Waals surface area contributed by atoms with Gasteiger partial charge in [0.2, 0.25) is 0 Å². The lowest BCUT2D eigenvalue weighted by Crippen LogP contribution is -2.50. The third-order valence-corrected chi connectivity index (χ3v) is 6.42. The van der Waals surface area contributed by atoms with Crippen LogP contribution in [0.3, 0.4) is 0 Å². The first-order valence-electron chi connectivity index (χ1n) is 11.9. The number of rotatable bonds is 6. The van der Waals surface area contributed by atoms with E-state index in [4.69, 9.17) is 4.74 Å². The Balaban J connectivity index is 1.85. The first-order valence-corrected chi connectivity index (χ1v) is 11.9. The molecule has 37 heavy (non-hydrogen) atoms. The fourth-order valence-corrected chi connectivity index (χ4v) is 4.11. The molecule has 3 rings (SSSR count). The van der Waals surface area contributed by atoms with Crippen molar-refractivity contribution in [3.05, 3.63) is 53.6 Å². The van der Waals surface area contributed by atoms with Crippen molar-refractivity contribution in [3.63, 3.8) is 0 Å². The summed E-state index contributed by atoms with van der Waals surface area (Å²) in [5.74, 6) is -0.0812. The molecule has 0 radical (unpaired) electrons. The number of carbonyl (C=O) groups excluding carboxylic acids is 2. The molecule has 0 aliphatic carbocycles. The number of amides is 3. The van der Waals surface area contributed by atoms with Gasteiger partial charge in [-0.2, -0.15) is 13.2 Å².